The quantitative estimate of drug-likeness (QED) is 0.476. The lowest BCUT2D eigenvalue weighted by molar-refractivity contribution is -0.385. The van der Waals surface area contributed by atoms with Gasteiger partial charge in [0.25, 0.3) is 5.69 Å². The summed E-state index contributed by atoms with van der Waals surface area (Å²) in [7, 11) is 0. The fraction of sp³-hybridized carbons (Fsp3) is 0. The minimum atomic E-state index is -1.06. The largest absolute Gasteiger partial charge is 0.447 e. The maximum atomic E-state index is 13.7. The molecule has 0 N–H and O–H groups in total. The summed E-state index contributed by atoms with van der Waals surface area (Å²) in [6, 6.07) is 5.93. The zero-order chi connectivity index (χ0) is 16.3. The first-order valence-corrected chi connectivity index (χ1v) is 5.78. The molecule has 0 atom stereocenters. The van der Waals surface area contributed by atoms with Crippen LogP contribution < -0.4 is 4.74 Å². The van der Waals surface area contributed by atoms with E-state index in [2.05, 4.69) is 0 Å². The first kappa shape index (κ1) is 15.0. The van der Waals surface area contributed by atoms with Crippen LogP contribution in [0.1, 0.15) is 10.4 Å². The van der Waals surface area contributed by atoms with Crippen LogP contribution in [0.3, 0.4) is 0 Å². The number of nitro benzene ring substituents is 2. The average molecular weight is 306 g/mol. The second kappa shape index (κ2) is 5.95. The number of aldehydes is 1. The predicted octanol–water partition coefficient (Wildman–Crippen LogP) is 3.25. The number of nitrogens with zero attached hydrogens (tertiary/aromatic N) is 2. The van der Waals surface area contributed by atoms with E-state index in [4.69, 9.17) is 4.74 Å². The summed E-state index contributed by atoms with van der Waals surface area (Å²) in [6.45, 7) is 0. The molecule has 0 amide bonds. The molecule has 0 bridgehead atoms. The lowest BCUT2D eigenvalue weighted by Gasteiger charge is -2.07. The van der Waals surface area contributed by atoms with E-state index in [-0.39, 0.29) is 11.3 Å². The maximum absolute atomic E-state index is 13.7. The summed E-state index contributed by atoms with van der Waals surface area (Å²) in [6.07, 6.45) is 0.447. The lowest BCUT2D eigenvalue weighted by atomic mass is 10.2. The molecule has 0 fully saturated rings. The van der Waals surface area contributed by atoms with Crippen LogP contribution in [0.2, 0.25) is 0 Å². The Kier molecular flexibility index (Phi) is 4.07. The topological polar surface area (TPSA) is 113 Å². The molecule has 0 saturated carbocycles. The molecular weight excluding hydrogens is 299 g/mol. The monoisotopic (exact) mass is 306 g/mol. The SMILES string of the molecule is O=Cc1ccc([N+](=O)[O-])c(Oc2ccc([N+](=O)[O-])cc2F)c1. The molecule has 0 saturated heterocycles. The third kappa shape index (κ3) is 3.03. The van der Waals surface area contributed by atoms with Gasteiger partial charge in [0.05, 0.1) is 15.9 Å². The molecule has 0 heterocycles. The van der Waals surface area contributed by atoms with Gasteiger partial charge in [-0.05, 0) is 18.2 Å². The van der Waals surface area contributed by atoms with Crippen LogP contribution >= 0.6 is 0 Å². The number of ether oxygens (including phenoxy) is 1. The second-order valence-electron chi connectivity index (χ2n) is 4.08. The summed E-state index contributed by atoms with van der Waals surface area (Å²) in [5.74, 6) is -1.83. The van der Waals surface area contributed by atoms with Crippen molar-refractivity contribution >= 4 is 17.7 Å². The van der Waals surface area contributed by atoms with Crippen LogP contribution in [-0.4, -0.2) is 16.1 Å². The van der Waals surface area contributed by atoms with E-state index in [1.54, 1.807) is 0 Å². The Balaban J connectivity index is 2.43. The summed E-state index contributed by atoms with van der Waals surface area (Å²) < 4.78 is 18.8. The van der Waals surface area contributed by atoms with Crippen LogP contribution in [0.5, 0.6) is 11.5 Å². The Morgan fingerprint density at radius 2 is 1.73 bits per heavy atom. The van der Waals surface area contributed by atoms with Crippen molar-refractivity contribution < 1.29 is 23.8 Å². The number of hydrogen-bond acceptors (Lipinski definition) is 6. The number of rotatable bonds is 5. The number of carbonyl (C=O) groups is 1. The highest BCUT2D eigenvalue weighted by Crippen LogP contribution is 2.34. The molecule has 2 aromatic rings. The first-order chi connectivity index (χ1) is 10.4. The van der Waals surface area contributed by atoms with Gasteiger partial charge in [-0.15, -0.1) is 0 Å². The fourth-order valence-electron chi connectivity index (χ4n) is 1.64. The van der Waals surface area contributed by atoms with Crippen molar-refractivity contribution in [1.82, 2.24) is 0 Å². The first-order valence-electron chi connectivity index (χ1n) is 5.78. The van der Waals surface area contributed by atoms with E-state index >= 15 is 0 Å². The molecule has 2 aromatic carbocycles. The van der Waals surface area contributed by atoms with Gasteiger partial charge in [0.1, 0.15) is 6.29 Å². The Morgan fingerprint density at radius 3 is 2.27 bits per heavy atom. The van der Waals surface area contributed by atoms with Crippen molar-refractivity contribution in [3.05, 3.63) is 68.0 Å². The van der Waals surface area contributed by atoms with Gasteiger partial charge in [0, 0.05) is 17.7 Å². The highest BCUT2D eigenvalue weighted by molar-refractivity contribution is 5.77. The van der Waals surface area contributed by atoms with Gasteiger partial charge in [-0.3, -0.25) is 25.0 Å². The number of non-ortho nitro benzene ring substituents is 1. The Labute approximate surface area is 122 Å². The zero-order valence-corrected chi connectivity index (χ0v) is 10.8. The standard InChI is InChI=1S/C13H7FN2O6/c14-10-6-9(15(18)19)2-4-12(10)22-13-5-8(7-17)1-3-11(13)16(20)21/h1-7H. The van der Waals surface area contributed by atoms with Gasteiger partial charge in [0.15, 0.2) is 11.6 Å². The summed E-state index contributed by atoms with van der Waals surface area (Å²) >= 11 is 0. The van der Waals surface area contributed by atoms with Crippen LogP contribution in [0, 0.1) is 26.0 Å². The van der Waals surface area contributed by atoms with E-state index < -0.39 is 32.8 Å². The maximum Gasteiger partial charge on any atom is 0.311 e. The Bertz CT molecular complexity index is 777. The summed E-state index contributed by atoms with van der Waals surface area (Å²) in [5.41, 5.74) is -0.854. The van der Waals surface area contributed by atoms with Crippen molar-refractivity contribution in [1.29, 1.82) is 0 Å². The number of halogens is 1. The zero-order valence-electron chi connectivity index (χ0n) is 10.8. The van der Waals surface area contributed by atoms with Crippen molar-refractivity contribution in [3.8, 4) is 11.5 Å². The molecule has 2 rings (SSSR count). The predicted molar refractivity (Wildman–Crippen MR) is 71.6 cm³/mol. The molecule has 0 spiro atoms. The fourth-order valence-corrected chi connectivity index (χ4v) is 1.64. The lowest BCUT2D eigenvalue weighted by Crippen LogP contribution is -1.97. The highest BCUT2D eigenvalue weighted by atomic mass is 19.1. The van der Waals surface area contributed by atoms with Crippen molar-refractivity contribution in [2.45, 2.75) is 0 Å². The number of benzene rings is 2. The van der Waals surface area contributed by atoms with Gasteiger partial charge >= 0.3 is 5.69 Å². The van der Waals surface area contributed by atoms with E-state index in [0.717, 1.165) is 24.3 Å². The number of nitro groups is 2. The Hall–Kier alpha value is -3.36. The summed E-state index contributed by atoms with van der Waals surface area (Å²) in [5, 5.41) is 21.4. The molecule has 22 heavy (non-hydrogen) atoms. The van der Waals surface area contributed by atoms with Crippen molar-refractivity contribution in [3.63, 3.8) is 0 Å². The Morgan fingerprint density at radius 1 is 1.00 bits per heavy atom. The van der Waals surface area contributed by atoms with E-state index in [9.17, 15) is 29.4 Å². The third-order valence-electron chi connectivity index (χ3n) is 2.66. The number of carbonyl (C=O) groups excluding carboxylic acids is 1. The molecule has 112 valence electrons. The van der Waals surface area contributed by atoms with Crippen LogP contribution in [-0.2, 0) is 0 Å². The normalized spacial score (nSPS) is 10.0. The molecule has 0 aliphatic heterocycles. The highest BCUT2D eigenvalue weighted by Gasteiger charge is 2.19. The van der Waals surface area contributed by atoms with Gasteiger partial charge < -0.3 is 4.74 Å². The molecule has 0 aromatic heterocycles. The molecular formula is C13H7FN2O6. The van der Waals surface area contributed by atoms with Gasteiger partial charge in [-0.25, -0.2) is 4.39 Å². The second-order valence-corrected chi connectivity index (χ2v) is 4.08. The van der Waals surface area contributed by atoms with E-state index in [1.807, 2.05) is 0 Å². The minimum Gasteiger partial charge on any atom is -0.447 e. The van der Waals surface area contributed by atoms with Crippen molar-refractivity contribution in [2.75, 3.05) is 0 Å². The van der Waals surface area contributed by atoms with E-state index in [1.165, 1.54) is 6.07 Å². The van der Waals surface area contributed by atoms with Gasteiger partial charge in [0.2, 0.25) is 5.75 Å². The van der Waals surface area contributed by atoms with Crippen molar-refractivity contribution in [2.24, 2.45) is 0 Å². The smallest absolute Gasteiger partial charge is 0.311 e. The molecule has 0 radical (unpaired) electrons. The molecule has 0 aliphatic carbocycles. The molecule has 0 aliphatic rings. The third-order valence-corrected chi connectivity index (χ3v) is 2.66. The average Bonchev–Trinajstić information content (AvgIpc) is 2.48. The molecule has 0 unspecified atom stereocenters. The van der Waals surface area contributed by atoms with Crippen LogP contribution in [0.4, 0.5) is 15.8 Å². The minimum absolute atomic E-state index is 0.0999. The van der Waals surface area contributed by atoms with E-state index in [0.29, 0.717) is 12.4 Å². The summed E-state index contributed by atoms with van der Waals surface area (Å²) in [4.78, 5) is 30.6. The van der Waals surface area contributed by atoms with Gasteiger partial charge in [-0.2, -0.15) is 0 Å². The number of hydrogen-bond donors (Lipinski definition) is 0. The van der Waals surface area contributed by atoms with Crippen LogP contribution in [0.25, 0.3) is 0 Å². The molecule has 9 heteroatoms. The molecule has 8 nitrogen and oxygen atoms in total. The van der Waals surface area contributed by atoms with Crippen LogP contribution in [0.15, 0.2) is 36.4 Å². The van der Waals surface area contributed by atoms with Gasteiger partial charge in [-0.1, -0.05) is 0 Å².